The third-order valence-corrected chi connectivity index (χ3v) is 2.27. The third kappa shape index (κ3) is 2.18. The van der Waals surface area contributed by atoms with E-state index in [2.05, 4.69) is 11.6 Å². The minimum absolute atomic E-state index is 0.579. The number of aliphatic imine (C=N–C) groups is 1. The van der Waals surface area contributed by atoms with Crippen LogP contribution in [0.3, 0.4) is 0 Å². The lowest BCUT2D eigenvalue weighted by Gasteiger charge is -2.19. The van der Waals surface area contributed by atoms with Crippen molar-refractivity contribution in [2.24, 2.45) is 10.9 Å². The first-order chi connectivity index (χ1) is 5.74. The lowest BCUT2D eigenvalue weighted by Crippen LogP contribution is -2.05. The molecule has 0 saturated heterocycles. The van der Waals surface area contributed by atoms with E-state index in [9.17, 15) is 4.79 Å². The van der Waals surface area contributed by atoms with Crippen LogP contribution in [0.1, 0.15) is 26.2 Å². The molecule has 1 aliphatic carbocycles. The lowest BCUT2D eigenvalue weighted by molar-refractivity contribution is 0.534. The van der Waals surface area contributed by atoms with Crippen LogP contribution < -0.4 is 0 Å². The Morgan fingerprint density at radius 1 is 1.83 bits per heavy atom. The second-order valence-electron chi connectivity index (χ2n) is 3.22. The molecule has 0 radical (unpaired) electrons. The maximum absolute atomic E-state index is 9.94. The predicted molar refractivity (Wildman–Crippen MR) is 48.4 cm³/mol. The van der Waals surface area contributed by atoms with Crippen molar-refractivity contribution in [2.45, 2.75) is 26.2 Å². The summed E-state index contributed by atoms with van der Waals surface area (Å²) in [6, 6.07) is 0. The molecule has 0 aliphatic heterocycles. The highest BCUT2D eigenvalue weighted by Gasteiger charge is 2.13. The van der Waals surface area contributed by atoms with Crippen LogP contribution in [-0.2, 0) is 4.79 Å². The molecule has 0 heterocycles. The van der Waals surface area contributed by atoms with Crippen molar-refractivity contribution in [1.29, 1.82) is 0 Å². The number of rotatable bonds is 2. The van der Waals surface area contributed by atoms with Crippen LogP contribution in [0, 0.1) is 5.92 Å². The first-order valence-electron chi connectivity index (χ1n) is 4.16. The zero-order valence-electron chi connectivity index (χ0n) is 7.34. The van der Waals surface area contributed by atoms with E-state index in [0.29, 0.717) is 5.92 Å². The number of nitrogens with zero attached hydrogens (tertiary/aromatic N) is 1. The van der Waals surface area contributed by atoms with E-state index in [4.69, 9.17) is 0 Å². The van der Waals surface area contributed by atoms with Crippen molar-refractivity contribution in [3.8, 4) is 0 Å². The fourth-order valence-electron chi connectivity index (χ4n) is 1.43. The van der Waals surface area contributed by atoms with Crippen molar-refractivity contribution < 1.29 is 4.79 Å². The molecule has 0 amide bonds. The maximum Gasteiger partial charge on any atom is 0.240 e. The first kappa shape index (κ1) is 8.95. The Morgan fingerprint density at radius 2 is 2.58 bits per heavy atom. The Kier molecular flexibility index (Phi) is 3.01. The Labute approximate surface area is 72.7 Å². The van der Waals surface area contributed by atoms with Crippen LogP contribution in [0.25, 0.3) is 0 Å². The smallest absolute Gasteiger partial charge is 0.211 e. The molecule has 1 unspecified atom stereocenters. The Hall–Kier alpha value is -1.14. The fraction of sp³-hybridized carbons (Fsp3) is 0.500. The summed E-state index contributed by atoms with van der Waals surface area (Å²) in [5.74, 6) is 0.579. The van der Waals surface area contributed by atoms with Crippen LogP contribution in [0.2, 0.25) is 0 Å². The van der Waals surface area contributed by atoms with E-state index in [1.807, 2.05) is 13.0 Å². The number of hydrogen-bond donors (Lipinski definition) is 0. The molecule has 0 aromatic carbocycles. The molecular formula is C10H13NO. The minimum Gasteiger partial charge on any atom is -0.211 e. The molecule has 0 N–H and O–H groups in total. The second kappa shape index (κ2) is 4.03. The molecule has 0 spiro atoms. The van der Waals surface area contributed by atoms with Gasteiger partial charge in [0.1, 0.15) is 0 Å². The summed E-state index contributed by atoms with van der Waals surface area (Å²) < 4.78 is 0. The average molecular weight is 163 g/mol. The second-order valence-corrected chi connectivity index (χ2v) is 3.22. The van der Waals surface area contributed by atoms with Gasteiger partial charge < -0.3 is 0 Å². The van der Waals surface area contributed by atoms with E-state index < -0.39 is 0 Å². The van der Waals surface area contributed by atoms with Gasteiger partial charge in [-0.25, -0.2) is 4.79 Å². The SMILES string of the molecule is C=C(C)C1CC=C(N=C=O)CC1. The van der Waals surface area contributed by atoms with Crippen LogP contribution in [0.5, 0.6) is 0 Å². The van der Waals surface area contributed by atoms with E-state index in [0.717, 1.165) is 25.0 Å². The zero-order chi connectivity index (χ0) is 8.97. The normalized spacial score (nSPS) is 22.4. The van der Waals surface area contributed by atoms with Gasteiger partial charge in [0, 0.05) is 5.70 Å². The average Bonchev–Trinajstić information content (AvgIpc) is 2.06. The molecule has 0 bridgehead atoms. The van der Waals surface area contributed by atoms with Gasteiger partial charge in [-0.2, -0.15) is 4.99 Å². The standard InChI is InChI=1S/C10H13NO/c1-8(2)9-3-5-10(6-4-9)11-7-12/h5,9H,1,3-4,6H2,2H3. The lowest BCUT2D eigenvalue weighted by atomic mass is 9.88. The van der Waals surface area contributed by atoms with Gasteiger partial charge >= 0.3 is 0 Å². The highest BCUT2D eigenvalue weighted by molar-refractivity contribution is 5.37. The summed E-state index contributed by atoms with van der Waals surface area (Å²) in [4.78, 5) is 13.5. The van der Waals surface area contributed by atoms with E-state index in [1.54, 1.807) is 6.08 Å². The van der Waals surface area contributed by atoms with Gasteiger partial charge in [-0.1, -0.05) is 18.2 Å². The molecule has 2 nitrogen and oxygen atoms in total. The molecule has 2 heteroatoms. The summed E-state index contributed by atoms with van der Waals surface area (Å²) in [5.41, 5.74) is 2.10. The Balaban J connectivity index is 2.58. The maximum atomic E-state index is 9.94. The van der Waals surface area contributed by atoms with E-state index in [-0.39, 0.29) is 0 Å². The number of carbonyl (C=O) groups excluding carboxylic acids is 1. The molecule has 64 valence electrons. The summed E-state index contributed by atoms with van der Waals surface area (Å²) in [5, 5.41) is 0. The molecule has 0 aromatic rings. The van der Waals surface area contributed by atoms with Crippen LogP contribution in [-0.4, -0.2) is 6.08 Å². The Bertz CT molecular complexity index is 259. The van der Waals surface area contributed by atoms with Crippen molar-refractivity contribution in [2.75, 3.05) is 0 Å². The van der Waals surface area contributed by atoms with Crippen molar-refractivity contribution in [3.05, 3.63) is 23.9 Å². The number of hydrogen-bond acceptors (Lipinski definition) is 2. The molecule has 1 atom stereocenters. The number of allylic oxidation sites excluding steroid dienone is 3. The first-order valence-corrected chi connectivity index (χ1v) is 4.16. The molecular weight excluding hydrogens is 150 g/mol. The Morgan fingerprint density at radius 3 is 3.00 bits per heavy atom. The van der Waals surface area contributed by atoms with Crippen LogP contribution in [0.4, 0.5) is 0 Å². The molecule has 0 aromatic heterocycles. The van der Waals surface area contributed by atoms with Crippen LogP contribution >= 0.6 is 0 Å². The van der Waals surface area contributed by atoms with Gasteiger partial charge in [0.25, 0.3) is 0 Å². The monoisotopic (exact) mass is 163 g/mol. The number of isocyanates is 1. The summed E-state index contributed by atoms with van der Waals surface area (Å²) in [6.45, 7) is 5.96. The minimum atomic E-state index is 0.579. The van der Waals surface area contributed by atoms with E-state index in [1.165, 1.54) is 5.57 Å². The van der Waals surface area contributed by atoms with Gasteiger partial charge in [0.15, 0.2) is 0 Å². The van der Waals surface area contributed by atoms with Gasteiger partial charge in [0.05, 0.1) is 0 Å². The fourth-order valence-corrected chi connectivity index (χ4v) is 1.43. The molecule has 1 aliphatic rings. The largest absolute Gasteiger partial charge is 0.240 e. The molecule has 12 heavy (non-hydrogen) atoms. The van der Waals surface area contributed by atoms with Crippen molar-refractivity contribution in [3.63, 3.8) is 0 Å². The highest BCUT2D eigenvalue weighted by Crippen LogP contribution is 2.28. The van der Waals surface area contributed by atoms with Crippen molar-refractivity contribution >= 4 is 6.08 Å². The summed E-state index contributed by atoms with van der Waals surface area (Å²) in [7, 11) is 0. The van der Waals surface area contributed by atoms with E-state index >= 15 is 0 Å². The summed E-state index contributed by atoms with van der Waals surface area (Å²) >= 11 is 0. The molecule has 0 saturated carbocycles. The summed E-state index contributed by atoms with van der Waals surface area (Å²) in [6.07, 6.45) is 6.49. The zero-order valence-corrected chi connectivity index (χ0v) is 7.34. The highest BCUT2D eigenvalue weighted by atomic mass is 16.1. The van der Waals surface area contributed by atoms with Gasteiger partial charge in [-0.3, -0.25) is 0 Å². The molecule has 0 fully saturated rings. The predicted octanol–water partition coefficient (Wildman–Crippen LogP) is 2.58. The van der Waals surface area contributed by atoms with Gasteiger partial charge in [0.2, 0.25) is 6.08 Å². The van der Waals surface area contributed by atoms with Crippen molar-refractivity contribution in [1.82, 2.24) is 0 Å². The quantitative estimate of drug-likeness (QED) is 0.349. The topological polar surface area (TPSA) is 29.4 Å². The van der Waals surface area contributed by atoms with Gasteiger partial charge in [-0.15, -0.1) is 0 Å². The van der Waals surface area contributed by atoms with Crippen LogP contribution in [0.15, 0.2) is 28.9 Å². The van der Waals surface area contributed by atoms with Gasteiger partial charge in [-0.05, 0) is 32.1 Å². The molecule has 1 rings (SSSR count). The third-order valence-electron chi connectivity index (χ3n) is 2.27.